The van der Waals surface area contributed by atoms with Crippen LogP contribution in [0.5, 0.6) is 0 Å². The van der Waals surface area contributed by atoms with Gasteiger partial charge in [0.1, 0.15) is 5.69 Å². The molecule has 1 aromatic rings. The molecule has 1 unspecified atom stereocenters. The largest absolute Gasteiger partial charge is 0.338 e. The summed E-state index contributed by atoms with van der Waals surface area (Å²) < 4.78 is 0. The summed E-state index contributed by atoms with van der Waals surface area (Å²) in [6.07, 6.45) is 2.99. The van der Waals surface area contributed by atoms with Gasteiger partial charge in [0, 0.05) is 19.2 Å². The first kappa shape index (κ1) is 13.8. The van der Waals surface area contributed by atoms with Gasteiger partial charge in [-0.1, -0.05) is 6.07 Å². The lowest BCUT2D eigenvalue weighted by molar-refractivity contribution is 0.0735. The first-order valence-corrected chi connectivity index (χ1v) is 6.91. The first-order chi connectivity index (χ1) is 8.06. The van der Waals surface area contributed by atoms with E-state index in [1.54, 1.807) is 35.8 Å². The quantitative estimate of drug-likeness (QED) is 0.868. The van der Waals surface area contributed by atoms with Crippen molar-refractivity contribution in [1.82, 2.24) is 9.88 Å². The lowest BCUT2D eigenvalue weighted by Gasteiger charge is -2.24. The van der Waals surface area contributed by atoms with Crippen molar-refractivity contribution in [3.05, 3.63) is 34.2 Å². The number of H-pyrrole nitrogens is 1. The van der Waals surface area contributed by atoms with Crippen LogP contribution in [0.2, 0.25) is 0 Å². The van der Waals surface area contributed by atoms with E-state index in [-0.39, 0.29) is 17.5 Å². The lowest BCUT2D eigenvalue weighted by atomic mass is 10.2. The average Bonchev–Trinajstić information content (AvgIpc) is 2.34. The van der Waals surface area contributed by atoms with E-state index in [4.69, 9.17) is 0 Å². The van der Waals surface area contributed by atoms with Crippen molar-refractivity contribution in [2.75, 3.05) is 19.1 Å². The van der Waals surface area contributed by atoms with Crippen LogP contribution in [0.25, 0.3) is 0 Å². The summed E-state index contributed by atoms with van der Waals surface area (Å²) in [5.41, 5.74) is 0.0945. The molecule has 0 aromatic carbocycles. The third-order valence-electron chi connectivity index (χ3n) is 2.72. The molecule has 0 saturated carbocycles. The average molecular weight is 254 g/mol. The first-order valence-electron chi connectivity index (χ1n) is 5.51. The minimum absolute atomic E-state index is 0.142. The summed E-state index contributed by atoms with van der Waals surface area (Å²) in [6.45, 7) is 2.01. The Morgan fingerprint density at radius 1 is 1.53 bits per heavy atom. The van der Waals surface area contributed by atoms with Crippen LogP contribution in [0.15, 0.2) is 23.0 Å². The van der Waals surface area contributed by atoms with Crippen molar-refractivity contribution >= 4 is 17.7 Å². The van der Waals surface area contributed by atoms with E-state index in [2.05, 4.69) is 4.98 Å². The highest BCUT2D eigenvalue weighted by Gasteiger charge is 2.17. The molecular formula is C12H18N2O2S. The van der Waals surface area contributed by atoms with Gasteiger partial charge in [0.15, 0.2) is 0 Å². The highest BCUT2D eigenvalue weighted by Crippen LogP contribution is 2.08. The smallest absolute Gasteiger partial charge is 0.270 e. The van der Waals surface area contributed by atoms with E-state index in [0.29, 0.717) is 5.69 Å². The van der Waals surface area contributed by atoms with Gasteiger partial charge >= 0.3 is 0 Å². The van der Waals surface area contributed by atoms with Gasteiger partial charge < -0.3 is 9.88 Å². The Bertz CT molecular complexity index is 431. The summed E-state index contributed by atoms with van der Waals surface area (Å²) in [5.74, 6) is 0.876. The molecule has 5 heteroatoms. The van der Waals surface area contributed by atoms with Crippen molar-refractivity contribution in [3.63, 3.8) is 0 Å². The van der Waals surface area contributed by atoms with E-state index < -0.39 is 0 Å². The standard InChI is InChI=1S/C12H18N2O2S/c1-9(7-8-17-3)14(2)12(16)10-5-4-6-11(15)13-10/h4-6,9H,7-8H2,1-3H3,(H,13,15). The van der Waals surface area contributed by atoms with E-state index in [1.807, 2.05) is 13.2 Å². The Labute approximate surface area is 105 Å². The molecular weight excluding hydrogens is 236 g/mol. The Morgan fingerprint density at radius 2 is 2.24 bits per heavy atom. The molecule has 1 aromatic heterocycles. The number of nitrogens with one attached hydrogen (secondary N) is 1. The van der Waals surface area contributed by atoms with Crippen molar-refractivity contribution < 1.29 is 4.79 Å². The number of nitrogens with zero attached hydrogens (tertiary/aromatic N) is 1. The minimum Gasteiger partial charge on any atom is -0.338 e. The number of rotatable bonds is 5. The summed E-state index contributed by atoms with van der Waals surface area (Å²) in [6, 6.07) is 4.78. The number of pyridine rings is 1. The third-order valence-corrected chi connectivity index (χ3v) is 3.36. The molecule has 17 heavy (non-hydrogen) atoms. The summed E-state index contributed by atoms with van der Waals surface area (Å²) in [7, 11) is 1.76. The Hall–Kier alpha value is -1.23. The van der Waals surface area contributed by atoms with Gasteiger partial charge in [-0.2, -0.15) is 11.8 Å². The maximum absolute atomic E-state index is 12.1. The monoisotopic (exact) mass is 254 g/mol. The van der Waals surface area contributed by atoms with Gasteiger partial charge in [-0.15, -0.1) is 0 Å². The lowest BCUT2D eigenvalue weighted by Crippen LogP contribution is -2.36. The van der Waals surface area contributed by atoms with Gasteiger partial charge in [-0.25, -0.2) is 0 Å². The second-order valence-corrected chi connectivity index (χ2v) is 4.96. The van der Waals surface area contributed by atoms with Gasteiger partial charge in [0.05, 0.1) is 0 Å². The van der Waals surface area contributed by atoms with Crippen molar-refractivity contribution in [3.8, 4) is 0 Å². The molecule has 0 fully saturated rings. The zero-order chi connectivity index (χ0) is 12.8. The van der Waals surface area contributed by atoms with Crippen LogP contribution in [-0.2, 0) is 0 Å². The highest BCUT2D eigenvalue weighted by atomic mass is 32.2. The molecule has 0 spiro atoms. The van der Waals surface area contributed by atoms with Gasteiger partial charge in [0.25, 0.3) is 5.91 Å². The molecule has 1 N–H and O–H groups in total. The fourth-order valence-corrected chi connectivity index (χ4v) is 2.02. The summed E-state index contributed by atoms with van der Waals surface area (Å²) >= 11 is 1.76. The zero-order valence-electron chi connectivity index (χ0n) is 10.4. The number of carbonyl (C=O) groups excluding carboxylic acids is 1. The SMILES string of the molecule is CSCCC(C)N(C)C(=O)c1cccc(=O)[nH]1. The number of hydrogen-bond donors (Lipinski definition) is 1. The molecule has 94 valence electrons. The van der Waals surface area contributed by atoms with Crippen molar-refractivity contribution in [2.45, 2.75) is 19.4 Å². The van der Waals surface area contributed by atoms with Crippen LogP contribution in [0.4, 0.5) is 0 Å². The van der Waals surface area contributed by atoms with Gasteiger partial charge in [-0.3, -0.25) is 9.59 Å². The molecule has 1 heterocycles. The van der Waals surface area contributed by atoms with Crippen LogP contribution in [-0.4, -0.2) is 40.9 Å². The Balaban J connectivity index is 2.72. The molecule has 0 aliphatic rings. The molecule has 4 nitrogen and oxygen atoms in total. The Morgan fingerprint density at radius 3 is 2.82 bits per heavy atom. The fourth-order valence-electron chi connectivity index (χ4n) is 1.44. The molecule has 0 bridgehead atoms. The third kappa shape index (κ3) is 3.93. The molecule has 0 aliphatic heterocycles. The van der Waals surface area contributed by atoms with Gasteiger partial charge in [0.2, 0.25) is 5.56 Å². The van der Waals surface area contributed by atoms with Crippen molar-refractivity contribution in [1.29, 1.82) is 0 Å². The number of thioether (sulfide) groups is 1. The van der Waals surface area contributed by atoms with E-state index in [1.165, 1.54) is 6.07 Å². The topological polar surface area (TPSA) is 53.2 Å². The van der Waals surface area contributed by atoms with Crippen LogP contribution in [0.3, 0.4) is 0 Å². The van der Waals surface area contributed by atoms with E-state index in [0.717, 1.165) is 12.2 Å². The van der Waals surface area contributed by atoms with E-state index >= 15 is 0 Å². The second-order valence-electron chi connectivity index (χ2n) is 3.98. The number of aromatic nitrogens is 1. The molecule has 0 aliphatic carbocycles. The maximum atomic E-state index is 12.1. The normalized spacial score (nSPS) is 12.2. The number of hydrogen-bond acceptors (Lipinski definition) is 3. The van der Waals surface area contributed by atoms with Gasteiger partial charge in [-0.05, 0) is 31.4 Å². The summed E-state index contributed by atoms with van der Waals surface area (Å²) in [5, 5.41) is 0. The predicted octanol–water partition coefficient (Wildman–Crippen LogP) is 1.59. The molecule has 0 radical (unpaired) electrons. The van der Waals surface area contributed by atoms with Crippen molar-refractivity contribution in [2.24, 2.45) is 0 Å². The predicted molar refractivity (Wildman–Crippen MR) is 71.6 cm³/mol. The Kier molecular flexibility index (Phi) is 5.28. The molecule has 1 rings (SSSR count). The number of carbonyl (C=O) groups is 1. The minimum atomic E-state index is -0.249. The molecule has 0 saturated heterocycles. The fraction of sp³-hybridized carbons (Fsp3) is 0.500. The maximum Gasteiger partial charge on any atom is 0.270 e. The van der Waals surface area contributed by atoms with Crippen LogP contribution in [0.1, 0.15) is 23.8 Å². The van der Waals surface area contributed by atoms with Crippen LogP contribution >= 0.6 is 11.8 Å². The number of aromatic amines is 1. The van der Waals surface area contributed by atoms with Crippen LogP contribution < -0.4 is 5.56 Å². The highest BCUT2D eigenvalue weighted by molar-refractivity contribution is 7.98. The second kappa shape index (κ2) is 6.49. The number of amides is 1. The zero-order valence-corrected chi connectivity index (χ0v) is 11.2. The molecule has 1 amide bonds. The van der Waals surface area contributed by atoms with Crippen LogP contribution in [0, 0.1) is 0 Å². The molecule has 1 atom stereocenters. The van der Waals surface area contributed by atoms with E-state index in [9.17, 15) is 9.59 Å². The summed E-state index contributed by atoms with van der Waals surface area (Å²) in [4.78, 5) is 27.4.